The van der Waals surface area contributed by atoms with E-state index in [1.54, 1.807) is 18.3 Å². The average molecular weight is 391 g/mol. The van der Waals surface area contributed by atoms with Crippen LogP contribution in [0, 0.1) is 5.82 Å². The molecule has 0 spiro atoms. The quantitative estimate of drug-likeness (QED) is 0.617. The summed E-state index contributed by atoms with van der Waals surface area (Å²) in [5.41, 5.74) is 2.45. The van der Waals surface area contributed by atoms with Crippen LogP contribution in [-0.4, -0.2) is 26.9 Å². The number of hydrogen-bond donors (Lipinski definition) is 0. The van der Waals surface area contributed by atoms with Gasteiger partial charge in [0.15, 0.2) is 5.11 Å². The van der Waals surface area contributed by atoms with E-state index in [9.17, 15) is 9.18 Å². The van der Waals surface area contributed by atoms with Crippen LogP contribution in [0.4, 0.5) is 10.1 Å². The molecule has 28 heavy (non-hydrogen) atoms. The van der Waals surface area contributed by atoms with Crippen LogP contribution in [0.15, 0.2) is 79.0 Å². The summed E-state index contributed by atoms with van der Waals surface area (Å²) in [6, 6.07) is 20.9. The number of aromatic nitrogens is 1. The van der Waals surface area contributed by atoms with E-state index in [-0.39, 0.29) is 11.7 Å². The van der Waals surface area contributed by atoms with Crippen LogP contribution in [0.2, 0.25) is 0 Å². The van der Waals surface area contributed by atoms with Crippen LogP contribution in [-0.2, 0) is 17.8 Å². The summed E-state index contributed by atoms with van der Waals surface area (Å²) >= 11 is 5.66. The molecule has 2 heterocycles. The maximum absolute atomic E-state index is 13.3. The largest absolute Gasteiger partial charge is 0.330 e. The topological polar surface area (TPSA) is 36.4 Å². The smallest absolute Gasteiger partial charge is 0.256 e. The second-order valence-corrected chi connectivity index (χ2v) is 6.95. The van der Waals surface area contributed by atoms with Gasteiger partial charge in [0, 0.05) is 12.6 Å². The number of amides is 1. The van der Waals surface area contributed by atoms with Gasteiger partial charge in [-0.05, 0) is 54.2 Å². The Hall–Kier alpha value is -3.12. The molecule has 1 amide bonds. The zero-order valence-electron chi connectivity index (χ0n) is 15.0. The summed E-state index contributed by atoms with van der Waals surface area (Å²) in [5.74, 6) is -0.469. The van der Waals surface area contributed by atoms with E-state index in [1.807, 2.05) is 53.4 Å². The number of benzene rings is 2. The van der Waals surface area contributed by atoms with E-state index in [0.717, 1.165) is 11.3 Å². The monoisotopic (exact) mass is 391 g/mol. The molecule has 1 unspecified atom stereocenters. The molecule has 6 heteroatoms. The first-order valence-corrected chi connectivity index (χ1v) is 9.38. The van der Waals surface area contributed by atoms with Crippen LogP contribution >= 0.6 is 12.2 Å². The van der Waals surface area contributed by atoms with Crippen molar-refractivity contribution in [2.24, 2.45) is 0 Å². The number of carbonyl (C=O) groups is 1. The van der Waals surface area contributed by atoms with Gasteiger partial charge in [-0.2, -0.15) is 0 Å². The Morgan fingerprint density at radius 1 is 0.964 bits per heavy atom. The Morgan fingerprint density at radius 2 is 1.68 bits per heavy atom. The van der Waals surface area contributed by atoms with Crippen molar-refractivity contribution in [2.75, 3.05) is 4.90 Å². The summed E-state index contributed by atoms with van der Waals surface area (Å²) in [7, 11) is 0. The minimum absolute atomic E-state index is 0.114. The standard InChI is InChI=1S/C22H18FN3OS/c23-17-9-11-19(12-10-17)26-21(27)20(14-16-6-2-1-3-7-16)25(22(26)28)15-18-8-4-5-13-24-18/h1-13,20H,14-15H2. The molecule has 1 fully saturated rings. The number of carbonyl (C=O) groups excluding carboxylic acids is 1. The third kappa shape index (κ3) is 3.64. The zero-order chi connectivity index (χ0) is 19.5. The van der Waals surface area contributed by atoms with Gasteiger partial charge in [0.25, 0.3) is 5.91 Å². The Labute approximate surface area is 168 Å². The van der Waals surface area contributed by atoms with Crippen LogP contribution < -0.4 is 4.90 Å². The van der Waals surface area contributed by atoms with Crippen molar-refractivity contribution in [3.63, 3.8) is 0 Å². The van der Waals surface area contributed by atoms with Crippen molar-refractivity contribution in [2.45, 2.75) is 19.0 Å². The molecule has 4 nitrogen and oxygen atoms in total. The van der Waals surface area contributed by atoms with E-state index in [2.05, 4.69) is 4.98 Å². The van der Waals surface area contributed by atoms with E-state index in [4.69, 9.17) is 12.2 Å². The van der Waals surface area contributed by atoms with Gasteiger partial charge in [-0.1, -0.05) is 36.4 Å². The van der Waals surface area contributed by atoms with Crippen molar-refractivity contribution in [1.82, 2.24) is 9.88 Å². The molecule has 1 aromatic heterocycles. The normalized spacial score (nSPS) is 16.7. The highest BCUT2D eigenvalue weighted by Crippen LogP contribution is 2.28. The highest BCUT2D eigenvalue weighted by Gasteiger charge is 2.43. The molecular formula is C22H18FN3OS. The lowest BCUT2D eigenvalue weighted by molar-refractivity contribution is -0.119. The van der Waals surface area contributed by atoms with Crippen molar-refractivity contribution < 1.29 is 9.18 Å². The summed E-state index contributed by atoms with van der Waals surface area (Å²) in [4.78, 5) is 21.1. The van der Waals surface area contributed by atoms with Crippen LogP contribution in [0.25, 0.3) is 0 Å². The summed E-state index contributed by atoms with van der Waals surface area (Å²) < 4.78 is 13.3. The molecule has 0 radical (unpaired) electrons. The Morgan fingerprint density at radius 3 is 2.36 bits per heavy atom. The van der Waals surface area contributed by atoms with Gasteiger partial charge < -0.3 is 4.90 Å². The van der Waals surface area contributed by atoms with Gasteiger partial charge in [-0.15, -0.1) is 0 Å². The van der Waals surface area contributed by atoms with Gasteiger partial charge in [0.1, 0.15) is 11.9 Å². The van der Waals surface area contributed by atoms with E-state index in [1.165, 1.54) is 17.0 Å². The van der Waals surface area contributed by atoms with Crippen molar-refractivity contribution in [3.8, 4) is 0 Å². The second kappa shape index (κ2) is 7.86. The van der Waals surface area contributed by atoms with Crippen molar-refractivity contribution in [3.05, 3.63) is 96.1 Å². The van der Waals surface area contributed by atoms with Crippen LogP contribution in [0.5, 0.6) is 0 Å². The predicted molar refractivity (Wildman–Crippen MR) is 110 cm³/mol. The first-order valence-electron chi connectivity index (χ1n) is 8.97. The molecule has 0 saturated carbocycles. The van der Waals surface area contributed by atoms with Crippen molar-refractivity contribution >= 4 is 28.9 Å². The van der Waals surface area contributed by atoms with E-state index >= 15 is 0 Å². The summed E-state index contributed by atoms with van der Waals surface area (Å²) in [6.07, 6.45) is 2.25. The molecule has 0 aliphatic carbocycles. The number of nitrogens with zero attached hydrogens (tertiary/aromatic N) is 3. The molecule has 3 aromatic rings. The first-order chi connectivity index (χ1) is 13.6. The lowest BCUT2D eigenvalue weighted by atomic mass is 10.0. The van der Waals surface area contributed by atoms with Gasteiger partial charge in [0.05, 0.1) is 17.9 Å². The zero-order valence-corrected chi connectivity index (χ0v) is 15.8. The highest BCUT2D eigenvalue weighted by molar-refractivity contribution is 7.80. The summed E-state index contributed by atoms with van der Waals surface area (Å²) in [5, 5.41) is 0.406. The van der Waals surface area contributed by atoms with Gasteiger partial charge in [0.2, 0.25) is 0 Å². The fourth-order valence-electron chi connectivity index (χ4n) is 3.35. The SMILES string of the molecule is O=C1C(Cc2ccccc2)N(Cc2ccccn2)C(=S)N1c1ccc(F)cc1. The molecule has 1 aliphatic rings. The molecule has 140 valence electrons. The van der Waals surface area contributed by atoms with Crippen molar-refractivity contribution in [1.29, 1.82) is 0 Å². The summed E-state index contributed by atoms with van der Waals surface area (Å²) in [6.45, 7) is 0.431. The minimum Gasteiger partial charge on any atom is -0.330 e. The highest BCUT2D eigenvalue weighted by atomic mass is 32.1. The number of thiocarbonyl (C=S) groups is 1. The third-order valence-electron chi connectivity index (χ3n) is 4.73. The number of pyridine rings is 1. The number of hydrogen-bond acceptors (Lipinski definition) is 3. The Balaban J connectivity index is 1.68. The molecule has 1 atom stereocenters. The van der Waals surface area contributed by atoms with Gasteiger partial charge in [-0.3, -0.25) is 14.7 Å². The fraction of sp³-hybridized carbons (Fsp3) is 0.136. The molecule has 0 bridgehead atoms. The average Bonchev–Trinajstić information content (AvgIpc) is 2.94. The maximum atomic E-state index is 13.3. The Kier molecular flexibility index (Phi) is 5.12. The van der Waals surface area contributed by atoms with Crippen LogP contribution in [0.1, 0.15) is 11.3 Å². The lowest BCUT2D eigenvalue weighted by Gasteiger charge is -2.23. The van der Waals surface area contributed by atoms with E-state index in [0.29, 0.717) is 23.8 Å². The van der Waals surface area contributed by atoms with E-state index < -0.39 is 6.04 Å². The molecule has 1 saturated heterocycles. The number of halogens is 1. The predicted octanol–water partition coefficient (Wildman–Crippen LogP) is 3.97. The first kappa shape index (κ1) is 18.3. The lowest BCUT2D eigenvalue weighted by Crippen LogP contribution is -2.36. The molecule has 2 aromatic carbocycles. The molecular weight excluding hydrogens is 373 g/mol. The maximum Gasteiger partial charge on any atom is 0.256 e. The van der Waals surface area contributed by atoms with Gasteiger partial charge >= 0.3 is 0 Å². The van der Waals surface area contributed by atoms with Crippen LogP contribution in [0.3, 0.4) is 0 Å². The molecule has 4 rings (SSSR count). The number of anilines is 1. The van der Waals surface area contributed by atoms with Gasteiger partial charge in [-0.25, -0.2) is 4.39 Å². The number of rotatable bonds is 5. The minimum atomic E-state index is -0.443. The second-order valence-electron chi connectivity index (χ2n) is 6.59. The molecule has 1 aliphatic heterocycles. The fourth-order valence-corrected chi connectivity index (χ4v) is 3.73. The Bertz CT molecular complexity index is 920. The third-order valence-corrected chi connectivity index (χ3v) is 5.15. The molecule has 0 N–H and O–H groups in total.